The van der Waals surface area contributed by atoms with Crippen LogP contribution in [0.3, 0.4) is 0 Å². The summed E-state index contributed by atoms with van der Waals surface area (Å²) in [7, 11) is 3.08. The molecule has 1 atom stereocenters. The van der Waals surface area contributed by atoms with Crippen molar-refractivity contribution < 1.29 is 9.53 Å². The number of hydrogen-bond acceptors (Lipinski definition) is 6. The summed E-state index contributed by atoms with van der Waals surface area (Å²) >= 11 is 1.85. The molecule has 3 rings (SSSR count). The zero-order valence-electron chi connectivity index (χ0n) is 13.9. The van der Waals surface area contributed by atoms with E-state index in [2.05, 4.69) is 0 Å². The summed E-state index contributed by atoms with van der Waals surface area (Å²) in [5.41, 5.74) is -0.726. The Bertz CT molecular complexity index is 738. The van der Waals surface area contributed by atoms with Gasteiger partial charge in [0.15, 0.2) is 6.10 Å². The monoisotopic (exact) mass is 354 g/mol. The molecule has 0 aromatic carbocycles. The zero-order chi connectivity index (χ0) is 17.3. The Morgan fingerprint density at radius 2 is 1.88 bits per heavy atom. The average Bonchev–Trinajstić information content (AvgIpc) is 2.63. The summed E-state index contributed by atoms with van der Waals surface area (Å²) in [6.45, 7) is 2.77. The first-order chi connectivity index (χ1) is 11.5. The van der Waals surface area contributed by atoms with Crippen molar-refractivity contribution in [3.63, 3.8) is 0 Å². The predicted octanol–water partition coefficient (Wildman–Crippen LogP) is -1.14. The van der Waals surface area contributed by atoms with Gasteiger partial charge in [0.25, 0.3) is 11.5 Å². The highest BCUT2D eigenvalue weighted by Gasteiger charge is 2.32. The first kappa shape index (κ1) is 17.1. The van der Waals surface area contributed by atoms with Crippen molar-refractivity contribution in [1.29, 1.82) is 0 Å². The van der Waals surface area contributed by atoms with Gasteiger partial charge in [0.1, 0.15) is 5.82 Å². The van der Waals surface area contributed by atoms with Crippen LogP contribution in [0.15, 0.2) is 15.7 Å². The van der Waals surface area contributed by atoms with Gasteiger partial charge in [-0.3, -0.25) is 18.7 Å². The first-order valence-electron chi connectivity index (χ1n) is 7.99. The van der Waals surface area contributed by atoms with Gasteiger partial charge in [-0.1, -0.05) is 0 Å². The van der Waals surface area contributed by atoms with E-state index in [1.165, 1.54) is 17.7 Å². The molecular formula is C15H22N4O4S. The van der Waals surface area contributed by atoms with Gasteiger partial charge in [-0.25, -0.2) is 4.79 Å². The number of anilines is 1. The minimum atomic E-state index is -0.555. The Morgan fingerprint density at radius 3 is 2.58 bits per heavy atom. The maximum Gasteiger partial charge on any atom is 0.332 e. The molecule has 0 spiro atoms. The first-order valence-corrected chi connectivity index (χ1v) is 9.14. The number of carbonyl (C=O) groups excluding carboxylic acids is 1. The van der Waals surface area contributed by atoms with Crippen LogP contribution in [0.2, 0.25) is 0 Å². The van der Waals surface area contributed by atoms with Gasteiger partial charge >= 0.3 is 5.69 Å². The third kappa shape index (κ3) is 3.23. The number of ether oxygens (including phenoxy) is 1. The van der Waals surface area contributed by atoms with Crippen LogP contribution in [-0.4, -0.2) is 70.3 Å². The number of aromatic nitrogens is 2. The minimum absolute atomic E-state index is 0.00571. The van der Waals surface area contributed by atoms with E-state index in [9.17, 15) is 14.4 Å². The number of morpholine rings is 1. The second-order valence-corrected chi connectivity index (χ2v) is 7.21. The molecule has 1 amide bonds. The molecule has 0 bridgehead atoms. The number of carbonyl (C=O) groups is 1. The molecular weight excluding hydrogens is 332 g/mol. The third-order valence-electron chi connectivity index (χ3n) is 4.49. The van der Waals surface area contributed by atoms with Crippen molar-refractivity contribution in [2.24, 2.45) is 14.1 Å². The maximum absolute atomic E-state index is 12.6. The molecule has 0 aliphatic carbocycles. The molecule has 2 aliphatic heterocycles. The molecule has 1 aromatic heterocycles. The topological polar surface area (TPSA) is 76.8 Å². The molecule has 8 nitrogen and oxygen atoms in total. The predicted molar refractivity (Wildman–Crippen MR) is 92.8 cm³/mol. The van der Waals surface area contributed by atoms with Crippen LogP contribution in [0.5, 0.6) is 0 Å². The van der Waals surface area contributed by atoms with Gasteiger partial charge in [0.2, 0.25) is 0 Å². The fraction of sp³-hybridized carbons (Fsp3) is 0.667. The lowest BCUT2D eigenvalue weighted by atomic mass is 10.2. The maximum atomic E-state index is 12.6. The fourth-order valence-electron chi connectivity index (χ4n) is 3.02. The van der Waals surface area contributed by atoms with E-state index in [0.29, 0.717) is 25.5 Å². The largest absolute Gasteiger partial charge is 0.365 e. The molecule has 3 heterocycles. The molecule has 1 aromatic rings. The van der Waals surface area contributed by atoms with Crippen molar-refractivity contribution >= 4 is 23.5 Å². The lowest BCUT2D eigenvalue weighted by Crippen LogP contribution is -2.54. The SMILES string of the molecule is Cn1c(N2CCOC(C(=O)N3CCSCC3)C2)cc(=O)n(C)c1=O. The van der Waals surface area contributed by atoms with Crippen LogP contribution in [0.1, 0.15) is 0 Å². The van der Waals surface area contributed by atoms with E-state index >= 15 is 0 Å². The summed E-state index contributed by atoms with van der Waals surface area (Å²) in [6, 6.07) is 1.44. The molecule has 24 heavy (non-hydrogen) atoms. The average molecular weight is 354 g/mol. The normalized spacial score (nSPS) is 21.8. The van der Waals surface area contributed by atoms with Crippen LogP contribution in [0, 0.1) is 0 Å². The van der Waals surface area contributed by atoms with Gasteiger partial charge in [-0.05, 0) is 0 Å². The second-order valence-electron chi connectivity index (χ2n) is 5.98. The highest BCUT2D eigenvalue weighted by molar-refractivity contribution is 7.99. The van der Waals surface area contributed by atoms with E-state index in [1.807, 2.05) is 21.6 Å². The van der Waals surface area contributed by atoms with Crippen molar-refractivity contribution in [2.75, 3.05) is 49.2 Å². The van der Waals surface area contributed by atoms with E-state index in [1.54, 1.807) is 7.05 Å². The Hall–Kier alpha value is -1.74. The van der Waals surface area contributed by atoms with Crippen LogP contribution in [0.25, 0.3) is 0 Å². The summed E-state index contributed by atoms with van der Waals surface area (Å²) in [5.74, 6) is 2.42. The van der Waals surface area contributed by atoms with E-state index in [4.69, 9.17) is 4.74 Å². The van der Waals surface area contributed by atoms with E-state index in [0.717, 1.165) is 29.2 Å². The van der Waals surface area contributed by atoms with Crippen LogP contribution >= 0.6 is 11.8 Å². The lowest BCUT2D eigenvalue weighted by molar-refractivity contribution is -0.144. The van der Waals surface area contributed by atoms with Gasteiger partial charge in [-0.2, -0.15) is 11.8 Å². The van der Waals surface area contributed by atoms with Crippen LogP contribution in [0.4, 0.5) is 5.82 Å². The van der Waals surface area contributed by atoms with Crippen molar-refractivity contribution in [2.45, 2.75) is 6.10 Å². The number of amides is 1. The summed E-state index contributed by atoms with van der Waals surface area (Å²) in [4.78, 5) is 40.4. The van der Waals surface area contributed by atoms with Crippen molar-refractivity contribution in [3.8, 4) is 0 Å². The molecule has 0 saturated carbocycles. The molecule has 9 heteroatoms. The van der Waals surface area contributed by atoms with Crippen molar-refractivity contribution in [3.05, 3.63) is 26.9 Å². The van der Waals surface area contributed by atoms with Crippen LogP contribution < -0.4 is 16.1 Å². The van der Waals surface area contributed by atoms with Gasteiger partial charge in [0.05, 0.1) is 13.2 Å². The third-order valence-corrected chi connectivity index (χ3v) is 5.43. The summed E-state index contributed by atoms with van der Waals surface area (Å²) in [5, 5.41) is 0. The molecule has 2 aliphatic rings. The number of rotatable bonds is 2. The van der Waals surface area contributed by atoms with Gasteiger partial charge in [-0.15, -0.1) is 0 Å². The Balaban J connectivity index is 1.80. The second kappa shape index (κ2) is 7.02. The minimum Gasteiger partial charge on any atom is -0.365 e. The Labute approximate surface area is 144 Å². The Morgan fingerprint density at radius 1 is 1.17 bits per heavy atom. The zero-order valence-corrected chi connectivity index (χ0v) is 14.8. The van der Waals surface area contributed by atoms with E-state index < -0.39 is 6.10 Å². The number of nitrogens with zero attached hydrogens (tertiary/aromatic N) is 4. The summed E-state index contributed by atoms with van der Waals surface area (Å²) in [6.07, 6.45) is -0.555. The molecule has 1 unspecified atom stereocenters. The fourth-order valence-corrected chi connectivity index (χ4v) is 3.92. The molecule has 0 radical (unpaired) electrons. The molecule has 0 N–H and O–H groups in total. The highest BCUT2D eigenvalue weighted by Crippen LogP contribution is 2.17. The van der Waals surface area contributed by atoms with Crippen LogP contribution in [-0.2, 0) is 23.6 Å². The van der Waals surface area contributed by atoms with E-state index in [-0.39, 0.29) is 17.2 Å². The molecule has 2 saturated heterocycles. The number of hydrogen-bond donors (Lipinski definition) is 0. The molecule has 2 fully saturated rings. The Kier molecular flexibility index (Phi) is 5.00. The number of thioether (sulfide) groups is 1. The van der Waals surface area contributed by atoms with Gasteiger partial charge in [0, 0.05) is 51.3 Å². The smallest absolute Gasteiger partial charge is 0.332 e. The quantitative estimate of drug-likeness (QED) is 0.669. The summed E-state index contributed by atoms with van der Waals surface area (Å²) < 4.78 is 8.16. The van der Waals surface area contributed by atoms with Gasteiger partial charge < -0.3 is 14.5 Å². The standard InChI is InChI=1S/C15H22N4O4S/c1-16-12(9-13(20)17(2)15(16)22)19-3-6-23-11(10-19)14(21)18-4-7-24-8-5-18/h9,11H,3-8,10H2,1-2H3. The van der Waals surface area contributed by atoms with Crippen molar-refractivity contribution in [1.82, 2.24) is 14.0 Å². The molecule has 132 valence electrons. The highest BCUT2D eigenvalue weighted by atomic mass is 32.2. The lowest BCUT2D eigenvalue weighted by Gasteiger charge is -2.37.